The normalized spacial score (nSPS) is 15.4. The number of anilines is 2. The molecule has 35 heavy (non-hydrogen) atoms. The summed E-state index contributed by atoms with van der Waals surface area (Å²) in [6.45, 7) is 2.07. The van der Waals surface area contributed by atoms with Crippen LogP contribution in [-0.2, 0) is 14.3 Å². The van der Waals surface area contributed by atoms with Crippen molar-refractivity contribution in [3.8, 4) is 0 Å². The summed E-state index contributed by atoms with van der Waals surface area (Å²) in [6.07, 6.45) is -5.20. The second-order valence-corrected chi connectivity index (χ2v) is 7.69. The fraction of sp³-hybridized carbons (Fsp3) is 0.318. The van der Waals surface area contributed by atoms with Crippen molar-refractivity contribution >= 4 is 40.8 Å². The molecule has 13 heteroatoms. The quantitative estimate of drug-likeness (QED) is 0.527. The molecule has 0 aliphatic carbocycles. The number of aliphatic carboxylic acids is 1. The zero-order valence-corrected chi connectivity index (χ0v) is 19.1. The number of alkyl halides is 3. The van der Waals surface area contributed by atoms with E-state index in [0.29, 0.717) is 48.3 Å². The van der Waals surface area contributed by atoms with Crippen LogP contribution >= 0.6 is 11.6 Å². The van der Waals surface area contributed by atoms with Crippen LogP contribution < -0.4 is 10.2 Å². The maximum absolute atomic E-state index is 12.3. The Morgan fingerprint density at radius 1 is 1.11 bits per heavy atom. The van der Waals surface area contributed by atoms with Crippen LogP contribution in [0.2, 0.25) is 5.02 Å². The van der Waals surface area contributed by atoms with Crippen molar-refractivity contribution in [1.82, 2.24) is 0 Å². The number of amides is 1. The maximum atomic E-state index is 12.3. The molecule has 1 atom stereocenters. The monoisotopic (exact) mass is 518 g/mol. The molecular formula is C22H22ClF3N2O7. The Bertz CT molecular complexity index is 1040. The summed E-state index contributed by atoms with van der Waals surface area (Å²) < 4.78 is 42.7. The molecule has 2 aromatic carbocycles. The van der Waals surface area contributed by atoms with Gasteiger partial charge in [0, 0.05) is 29.9 Å². The maximum Gasteiger partial charge on any atom is 0.490 e. The third kappa shape index (κ3) is 8.74. The second-order valence-electron chi connectivity index (χ2n) is 7.25. The number of nitrogens with one attached hydrogen (secondary N) is 1. The lowest BCUT2D eigenvalue weighted by Gasteiger charge is -2.29. The molecular weight excluding hydrogens is 497 g/mol. The zero-order chi connectivity index (χ0) is 26.2. The van der Waals surface area contributed by atoms with Gasteiger partial charge in [-0.1, -0.05) is 11.6 Å². The van der Waals surface area contributed by atoms with E-state index < -0.39 is 18.1 Å². The number of rotatable bonds is 6. The van der Waals surface area contributed by atoms with Gasteiger partial charge >= 0.3 is 18.1 Å². The van der Waals surface area contributed by atoms with Crippen LogP contribution in [0.15, 0.2) is 42.5 Å². The molecule has 9 nitrogen and oxygen atoms in total. The van der Waals surface area contributed by atoms with Crippen molar-refractivity contribution in [2.24, 2.45) is 0 Å². The van der Waals surface area contributed by atoms with Crippen molar-refractivity contribution < 1.29 is 47.2 Å². The number of carboxylic acid groups (broad SMARTS) is 2. The molecule has 1 saturated heterocycles. The number of aromatic carboxylic acids is 1. The van der Waals surface area contributed by atoms with Gasteiger partial charge < -0.3 is 29.9 Å². The highest BCUT2D eigenvalue weighted by Gasteiger charge is 2.38. The van der Waals surface area contributed by atoms with Gasteiger partial charge in [0.1, 0.15) is 0 Å². The van der Waals surface area contributed by atoms with Gasteiger partial charge in [-0.2, -0.15) is 13.2 Å². The molecule has 190 valence electrons. The molecule has 3 N–H and O–H groups in total. The van der Waals surface area contributed by atoms with Crippen molar-refractivity contribution in [2.45, 2.75) is 12.3 Å². The fourth-order valence-electron chi connectivity index (χ4n) is 2.97. The summed E-state index contributed by atoms with van der Waals surface area (Å²) >= 11 is 5.83. The van der Waals surface area contributed by atoms with E-state index in [1.807, 2.05) is 4.90 Å². The standard InChI is InChI=1S/C20H21ClN2O5.C2HF3O2/c1-23(11-16-12-27-8-9-28-16)18-7-6-15(10-17(18)20(25)26)22-19(24)13-2-4-14(21)5-3-13;3-2(4,5)1(6)7/h2-7,10,16H,8-9,11-12H2,1H3,(H,22,24)(H,25,26);(H,6,7). The topological polar surface area (TPSA) is 125 Å². The molecule has 0 bridgehead atoms. The summed E-state index contributed by atoms with van der Waals surface area (Å²) in [6, 6.07) is 11.2. The number of likely N-dealkylation sites (N-methyl/N-ethyl adjacent to an activating group) is 1. The minimum atomic E-state index is -5.08. The van der Waals surface area contributed by atoms with Crippen LogP contribution in [0.25, 0.3) is 0 Å². The number of benzene rings is 2. The van der Waals surface area contributed by atoms with Crippen molar-refractivity contribution in [2.75, 3.05) is 43.6 Å². The lowest BCUT2D eigenvalue weighted by Crippen LogP contribution is -2.38. The minimum Gasteiger partial charge on any atom is -0.478 e. The number of carbonyl (C=O) groups is 3. The van der Waals surface area contributed by atoms with E-state index >= 15 is 0 Å². The number of nitrogens with zero attached hydrogens (tertiary/aromatic N) is 1. The van der Waals surface area contributed by atoms with Crippen LogP contribution in [0.1, 0.15) is 20.7 Å². The molecule has 1 unspecified atom stereocenters. The summed E-state index contributed by atoms with van der Waals surface area (Å²) in [7, 11) is 1.80. The molecule has 1 fully saturated rings. The fourth-order valence-corrected chi connectivity index (χ4v) is 3.09. The Morgan fingerprint density at radius 2 is 1.74 bits per heavy atom. The molecule has 0 aromatic heterocycles. The van der Waals surface area contributed by atoms with E-state index in [2.05, 4.69) is 5.32 Å². The molecule has 1 heterocycles. The van der Waals surface area contributed by atoms with Crippen molar-refractivity contribution in [3.05, 3.63) is 58.6 Å². The molecule has 0 spiro atoms. The van der Waals surface area contributed by atoms with E-state index in [1.54, 1.807) is 43.4 Å². The van der Waals surface area contributed by atoms with Crippen LogP contribution in [0.3, 0.4) is 0 Å². The Morgan fingerprint density at radius 3 is 2.26 bits per heavy atom. The predicted octanol–water partition coefficient (Wildman–Crippen LogP) is 3.78. The number of hydrogen-bond donors (Lipinski definition) is 3. The van der Waals surface area contributed by atoms with Crippen LogP contribution in [0, 0.1) is 0 Å². The van der Waals surface area contributed by atoms with Gasteiger partial charge in [0.25, 0.3) is 5.91 Å². The molecule has 2 aromatic rings. The van der Waals surface area contributed by atoms with E-state index in [9.17, 15) is 27.9 Å². The third-order valence-corrected chi connectivity index (χ3v) is 4.86. The Hall–Kier alpha value is -3.35. The highest BCUT2D eigenvalue weighted by molar-refractivity contribution is 6.30. The second kappa shape index (κ2) is 12.4. The molecule has 3 rings (SSSR count). The first kappa shape index (κ1) is 27.9. The SMILES string of the molecule is CN(CC1COCCO1)c1ccc(NC(=O)c2ccc(Cl)cc2)cc1C(=O)O.O=C(O)C(F)(F)F. The molecule has 0 saturated carbocycles. The third-order valence-electron chi connectivity index (χ3n) is 4.61. The number of hydrogen-bond acceptors (Lipinski definition) is 6. The summed E-state index contributed by atoms with van der Waals surface area (Å²) in [5, 5.41) is 20.0. The number of carbonyl (C=O) groups excluding carboxylic acids is 1. The number of carboxylic acids is 2. The summed E-state index contributed by atoms with van der Waals surface area (Å²) in [4.78, 5) is 34.8. The lowest BCUT2D eigenvalue weighted by atomic mass is 10.1. The first-order chi connectivity index (χ1) is 16.4. The number of ether oxygens (including phenoxy) is 2. The Labute approximate surface area is 203 Å². The van der Waals surface area contributed by atoms with Gasteiger partial charge in [-0.15, -0.1) is 0 Å². The van der Waals surface area contributed by atoms with E-state index in [0.717, 1.165) is 0 Å². The Kier molecular flexibility index (Phi) is 9.87. The van der Waals surface area contributed by atoms with Gasteiger partial charge in [-0.05, 0) is 42.5 Å². The largest absolute Gasteiger partial charge is 0.490 e. The van der Waals surface area contributed by atoms with Gasteiger partial charge in [-0.3, -0.25) is 4.79 Å². The highest BCUT2D eigenvalue weighted by atomic mass is 35.5. The predicted molar refractivity (Wildman–Crippen MR) is 120 cm³/mol. The number of halogens is 4. The van der Waals surface area contributed by atoms with Crippen LogP contribution in [0.4, 0.5) is 24.5 Å². The van der Waals surface area contributed by atoms with Crippen LogP contribution in [-0.4, -0.2) is 73.8 Å². The first-order valence-electron chi connectivity index (χ1n) is 10.0. The zero-order valence-electron chi connectivity index (χ0n) is 18.3. The first-order valence-corrected chi connectivity index (χ1v) is 10.4. The average molecular weight is 519 g/mol. The van der Waals surface area contributed by atoms with Gasteiger partial charge in [0.05, 0.1) is 37.2 Å². The summed E-state index contributed by atoms with van der Waals surface area (Å²) in [5.41, 5.74) is 1.45. The van der Waals surface area contributed by atoms with Gasteiger partial charge in [0.2, 0.25) is 0 Å². The highest BCUT2D eigenvalue weighted by Crippen LogP contribution is 2.25. The minimum absolute atomic E-state index is 0.0909. The molecule has 0 radical (unpaired) electrons. The van der Waals surface area contributed by atoms with E-state index in [4.69, 9.17) is 31.0 Å². The van der Waals surface area contributed by atoms with Gasteiger partial charge in [0.15, 0.2) is 0 Å². The van der Waals surface area contributed by atoms with E-state index in [1.165, 1.54) is 6.07 Å². The van der Waals surface area contributed by atoms with Crippen molar-refractivity contribution in [3.63, 3.8) is 0 Å². The summed E-state index contributed by atoms with van der Waals surface area (Å²) in [5.74, 6) is -4.18. The van der Waals surface area contributed by atoms with E-state index in [-0.39, 0.29) is 17.6 Å². The van der Waals surface area contributed by atoms with Crippen LogP contribution in [0.5, 0.6) is 0 Å². The Balaban J connectivity index is 0.000000540. The molecule has 1 amide bonds. The smallest absolute Gasteiger partial charge is 0.478 e. The molecule has 1 aliphatic rings. The lowest BCUT2D eigenvalue weighted by molar-refractivity contribution is -0.192. The van der Waals surface area contributed by atoms with Gasteiger partial charge in [-0.25, -0.2) is 9.59 Å². The van der Waals surface area contributed by atoms with Crippen molar-refractivity contribution in [1.29, 1.82) is 0 Å². The average Bonchev–Trinajstić information content (AvgIpc) is 2.79. The molecule has 1 aliphatic heterocycles.